The van der Waals surface area contributed by atoms with Crippen molar-refractivity contribution in [3.05, 3.63) is 65.2 Å². The second kappa shape index (κ2) is 8.26. The zero-order valence-electron chi connectivity index (χ0n) is 14.8. The molecule has 3 rings (SSSR count). The lowest BCUT2D eigenvalue weighted by Crippen LogP contribution is -2.27. The molecule has 2 aromatic carbocycles. The molecule has 7 heteroatoms. The van der Waals surface area contributed by atoms with Gasteiger partial charge in [-0.1, -0.05) is 30.3 Å². The van der Waals surface area contributed by atoms with Crippen LogP contribution >= 0.6 is 11.3 Å². The van der Waals surface area contributed by atoms with E-state index in [4.69, 9.17) is 0 Å². The molecule has 1 amide bonds. The molecule has 0 aliphatic rings. The summed E-state index contributed by atoms with van der Waals surface area (Å²) in [5.74, 6) is -0.230. The summed E-state index contributed by atoms with van der Waals surface area (Å²) in [6.07, 6.45) is 2.82. The maximum absolute atomic E-state index is 12.5. The Bertz CT molecular complexity index is 938. The fourth-order valence-electron chi connectivity index (χ4n) is 2.53. The van der Waals surface area contributed by atoms with E-state index < -0.39 is 6.61 Å². The number of hydrogen-bond acceptors (Lipinski definition) is 4. The molecule has 0 aliphatic carbocycles. The molecule has 0 N–H and O–H groups in total. The lowest BCUT2D eigenvalue weighted by molar-refractivity contribution is -0.126. The van der Waals surface area contributed by atoms with Crippen molar-refractivity contribution in [1.82, 2.24) is 9.88 Å². The summed E-state index contributed by atoms with van der Waals surface area (Å²) in [6, 6.07) is 13.9. The predicted octanol–water partition coefficient (Wildman–Crippen LogP) is 5.13. The molecule has 0 radical (unpaired) electrons. The van der Waals surface area contributed by atoms with Gasteiger partial charge >= 0.3 is 6.61 Å². The minimum absolute atomic E-state index is 0.0263. The average molecular weight is 388 g/mol. The molecular weight excluding hydrogens is 370 g/mol. The van der Waals surface area contributed by atoms with E-state index in [0.29, 0.717) is 5.56 Å². The van der Waals surface area contributed by atoms with Gasteiger partial charge < -0.3 is 9.64 Å². The number of aromatic nitrogens is 1. The molecule has 27 heavy (non-hydrogen) atoms. The van der Waals surface area contributed by atoms with Crippen LogP contribution in [-0.2, 0) is 4.79 Å². The Morgan fingerprint density at radius 2 is 1.89 bits per heavy atom. The molecule has 1 unspecified atom stereocenters. The number of halogens is 2. The number of ether oxygens (including phenoxy) is 1. The highest BCUT2D eigenvalue weighted by Gasteiger charge is 2.19. The van der Waals surface area contributed by atoms with Gasteiger partial charge in [-0.2, -0.15) is 8.78 Å². The summed E-state index contributed by atoms with van der Waals surface area (Å²) in [5, 5.41) is 0.835. The summed E-state index contributed by atoms with van der Waals surface area (Å²) in [7, 11) is 1.69. The van der Waals surface area contributed by atoms with Gasteiger partial charge in [-0.05, 0) is 31.2 Å². The topological polar surface area (TPSA) is 42.4 Å². The van der Waals surface area contributed by atoms with Gasteiger partial charge in [0, 0.05) is 18.7 Å². The van der Waals surface area contributed by atoms with Gasteiger partial charge in [0.15, 0.2) is 0 Å². The summed E-state index contributed by atoms with van der Waals surface area (Å²) >= 11 is 1.54. The van der Waals surface area contributed by atoms with E-state index in [2.05, 4.69) is 9.72 Å². The highest BCUT2D eigenvalue weighted by molar-refractivity contribution is 7.18. The van der Waals surface area contributed by atoms with Gasteiger partial charge in [0.05, 0.1) is 16.3 Å². The van der Waals surface area contributed by atoms with Crippen molar-refractivity contribution in [2.45, 2.75) is 19.6 Å². The van der Waals surface area contributed by atoms with Crippen molar-refractivity contribution < 1.29 is 18.3 Å². The number of para-hydroxylation sites is 2. The Labute approximate surface area is 159 Å². The second-order valence-corrected chi connectivity index (χ2v) is 6.96. The van der Waals surface area contributed by atoms with E-state index in [1.807, 2.05) is 31.2 Å². The van der Waals surface area contributed by atoms with Gasteiger partial charge in [-0.25, -0.2) is 4.98 Å². The number of fused-ring (bicyclic) bond motifs is 1. The minimum atomic E-state index is -2.92. The first-order valence-corrected chi connectivity index (χ1v) is 9.11. The highest BCUT2D eigenvalue weighted by atomic mass is 32.1. The number of amides is 1. The lowest BCUT2D eigenvalue weighted by atomic mass is 10.2. The Kier molecular flexibility index (Phi) is 5.81. The molecule has 1 heterocycles. The maximum atomic E-state index is 12.5. The summed E-state index contributed by atoms with van der Waals surface area (Å²) in [4.78, 5) is 18.6. The number of rotatable bonds is 6. The average Bonchev–Trinajstić information content (AvgIpc) is 3.09. The van der Waals surface area contributed by atoms with Crippen LogP contribution in [0.15, 0.2) is 54.6 Å². The van der Waals surface area contributed by atoms with Crippen molar-refractivity contribution in [3.8, 4) is 5.75 Å². The molecule has 4 nitrogen and oxygen atoms in total. The first-order chi connectivity index (χ1) is 13.0. The Morgan fingerprint density at radius 1 is 1.19 bits per heavy atom. The number of likely N-dealkylation sites (N-methyl/N-ethyl adjacent to an activating group) is 1. The fraction of sp³-hybridized carbons (Fsp3) is 0.200. The van der Waals surface area contributed by atoms with Crippen LogP contribution in [0.1, 0.15) is 23.5 Å². The molecule has 0 aliphatic heterocycles. The summed E-state index contributed by atoms with van der Waals surface area (Å²) in [6.45, 7) is -1.02. The molecular formula is C20H18F2N2O2S. The lowest BCUT2D eigenvalue weighted by Gasteiger charge is -2.21. The molecule has 0 bridgehead atoms. The van der Waals surface area contributed by atoms with Crippen LogP contribution in [0.5, 0.6) is 5.75 Å². The first-order valence-electron chi connectivity index (χ1n) is 8.30. The smallest absolute Gasteiger partial charge is 0.387 e. The highest BCUT2D eigenvalue weighted by Crippen LogP contribution is 2.29. The van der Waals surface area contributed by atoms with E-state index in [1.165, 1.54) is 18.2 Å². The number of thiazole rings is 1. The number of benzene rings is 2. The Morgan fingerprint density at radius 3 is 2.63 bits per heavy atom. The quantitative estimate of drug-likeness (QED) is 0.550. The van der Waals surface area contributed by atoms with Crippen LogP contribution in [0.4, 0.5) is 8.78 Å². The zero-order chi connectivity index (χ0) is 19.4. The summed E-state index contributed by atoms with van der Waals surface area (Å²) in [5.41, 5.74) is 1.31. The van der Waals surface area contributed by atoms with Crippen LogP contribution in [0.3, 0.4) is 0 Å². The molecule has 140 valence electrons. The van der Waals surface area contributed by atoms with Crippen LogP contribution in [0, 0.1) is 0 Å². The van der Waals surface area contributed by atoms with E-state index in [0.717, 1.165) is 15.2 Å². The SMILES string of the molecule is CC(c1nc2ccccc2s1)N(C)C(=O)C=Cc1ccccc1OC(F)F. The third-order valence-electron chi connectivity index (χ3n) is 4.14. The van der Waals surface area contributed by atoms with Crippen molar-refractivity contribution in [2.24, 2.45) is 0 Å². The molecule has 0 fully saturated rings. The third-order valence-corrected chi connectivity index (χ3v) is 5.34. The number of alkyl halides is 2. The van der Waals surface area contributed by atoms with E-state index in [-0.39, 0.29) is 17.7 Å². The van der Waals surface area contributed by atoms with Gasteiger partial charge in [-0.3, -0.25) is 4.79 Å². The molecule has 1 aromatic heterocycles. The zero-order valence-corrected chi connectivity index (χ0v) is 15.6. The van der Waals surface area contributed by atoms with Crippen molar-refractivity contribution in [2.75, 3.05) is 7.05 Å². The molecule has 1 atom stereocenters. The normalized spacial score (nSPS) is 12.6. The van der Waals surface area contributed by atoms with Gasteiger partial charge in [0.25, 0.3) is 0 Å². The standard InChI is InChI=1S/C20H18F2N2O2S/c1-13(19-23-15-8-4-6-10-17(15)27-19)24(2)18(25)12-11-14-7-3-5-9-16(14)26-20(21)22/h3-13,20H,1-2H3. The molecule has 0 saturated heterocycles. The molecule has 0 spiro atoms. The van der Waals surface area contributed by atoms with Gasteiger partial charge in [0.1, 0.15) is 10.8 Å². The van der Waals surface area contributed by atoms with Gasteiger partial charge in [0.2, 0.25) is 5.91 Å². The number of hydrogen-bond donors (Lipinski definition) is 0. The summed E-state index contributed by atoms with van der Waals surface area (Å²) < 4.78 is 30.5. The van der Waals surface area contributed by atoms with E-state index in [1.54, 1.807) is 41.5 Å². The number of carbonyl (C=O) groups excluding carboxylic acids is 1. The second-order valence-electron chi connectivity index (χ2n) is 5.89. The first kappa shape index (κ1) is 19.0. The Hall–Kier alpha value is -2.80. The van der Waals surface area contributed by atoms with Crippen molar-refractivity contribution in [1.29, 1.82) is 0 Å². The maximum Gasteiger partial charge on any atom is 0.387 e. The molecule has 0 saturated carbocycles. The van der Waals surface area contributed by atoms with E-state index in [9.17, 15) is 13.6 Å². The Balaban J connectivity index is 1.74. The minimum Gasteiger partial charge on any atom is -0.434 e. The monoisotopic (exact) mass is 388 g/mol. The number of nitrogens with zero attached hydrogens (tertiary/aromatic N) is 2. The fourth-order valence-corrected chi connectivity index (χ4v) is 3.59. The van der Waals surface area contributed by atoms with Crippen LogP contribution in [0.2, 0.25) is 0 Å². The molecule has 3 aromatic rings. The van der Waals surface area contributed by atoms with Crippen molar-refractivity contribution >= 4 is 33.5 Å². The van der Waals surface area contributed by atoms with Gasteiger partial charge in [-0.15, -0.1) is 11.3 Å². The largest absolute Gasteiger partial charge is 0.434 e. The van der Waals surface area contributed by atoms with Crippen molar-refractivity contribution in [3.63, 3.8) is 0 Å². The number of carbonyl (C=O) groups is 1. The van der Waals surface area contributed by atoms with Crippen LogP contribution < -0.4 is 4.74 Å². The van der Waals surface area contributed by atoms with Crippen LogP contribution in [-0.4, -0.2) is 29.5 Å². The predicted molar refractivity (Wildman–Crippen MR) is 103 cm³/mol. The van der Waals surface area contributed by atoms with Crippen LogP contribution in [0.25, 0.3) is 16.3 Å². The van der Waals surface area contributed by atoms with E-state index >= 15 is 0 Å². The third kappa shape index (κ3) is 4.49.